The molecule has 64 heavy (non-hydrogen) atoms. The molecule has 15 heteroatoms. The van der Waals surface area contributed by atoms with Crippen molar-refractivity contribution in [1.29, 1.82) is 0 Å². The molecule has 4 bridgehead atoms. The fourth-order valence-electron chi connectivity index (χ4n) is 10.4. The molecule has 0 atom stereocenters. The first-order chi connectivity index (χ1) is 30.4. The predicted molar refractivity (Wildman–Crippen MR) is 245 cm³/mol. The summed E-state index contributed by atoms with van der Waals surface area (Å²) in [5, 5.41) is 20.4. The molecule has 5 aromatic rings. The minimum Gasteiger partial charge on any atom is -0.496 e. The van der Waals surface area contributed by atoms with Gasteiger partial charge in [0.25, 0.3) is 21.9 Å². The Balaban J connectivity index is 0.000000370. The number of aliphatic carboxylic acids is 1. The Morgan fingerprint density at radius 2 is 1.45 bits per heavy atom. The van der Waals surface area contributed by atoms with Gasteiger partial charge in [-0.3, -0.25) is 14.1 Å². The minimum atomic E-state index is -4.09. The number of nitrogens with zero attached hydrogens (tertiary/aromatic N) is 4. The molecule has 0 radical (unpaired) electrons. The van der Waals surface area contributed by atoms with E-state index in [1.807, 2.05) is 69.7 Å². The summed E-state index contributed by atoms with van der Waals surface area (Å²) in [7, 11) is 4.90. The average molecular weight is 894 g/mol. The Morgan fingerprint density at radius 3 is 2.02 bits per heavy atom. The number of nitrogens with one attached hydrogen (secondary N) is 1. The molecule has 0 spiro atoms. The molecule has 2 amide bonds. The van der Waals surface area contributed by atoms with Gasteiger partial charge in [0.15, 0.2) is 5.69 Å². The highest BCUT2D eigenvalue weighted by Gasteiger charge is 2.62. The molecule has 0 aliphatic heterocycles. The largest absolute Gasteiger partial charge is 0.496 e. The lowest BCUT2D eigenvalue weighted by molar-refractivity contribution is -0.163. The molecular formula is C49H59N5O9S. The highest BCUT2D eigenvalue weighted by atomic mass is 32.2. The zero-order valence-corrected chi connectivity index (χ0v) is 38.4. The monoisotopic (exact) mass is 893 g/mol. The van der Waals surface area contributed by atoms with Gasteiger partial charge in [0, 0.05) is 19.2 Å². The Bertz CT molecular complexity index is 2610. The molecule has 340 valence electrons. The van der Waals surface area contributed by atoms with Gasteiger partial charge in [-0.1, -0.05) is 50.2 Å². The Morgan fingerprint density at radius 1 is 0.828 bits per heavy atom. The molecule has 4 saturated carbocycles. The van der Waals surface area contributed by atoms with E-state index in [-0.39, 0.29) is 34.3 Å². The number of amides is 2. The molecule has 1 aromatic heterocycles. The lowest BCUT2D eigenvalue weighted by Crippen LogP contribution is -2.70. The Hall–Kier alpha value is -5.77. The van der Waals surface area contributed by atoms with Crippen molar-refractivity contribution in [3.05, 3.63) is 102 Å². The van der Waals surface area contributed by atoms with Gasteiger partial charge >= 0.3 is 5.97 Å². The average Bonchev–Trinajstić information content (AvgIpc) is 3.71. The number of hydrogen-bond acceptors (Lipinski definition) is 9. The summed E-state index contributed by atoms with van der Waals surface area (Å²) in [5.74, 6) is 0.360. The van der Waals surface area contributed by atoms with Crippen molar-refractivity contribution in [3.8, 4) is 28.4 Å². The molecule has 0 saturated heterocycles. The summed E-state index contributed by atoms with van der Waals surface area (Å²) in [5.41, 5.74) is 2.04. The highest BCUT2D eigenvalue weighted by Crippen LogP contribution is 2.58. The number of carboxylic acids is 1. The van der Waals surface area contributed by atoms with E-state index in [4.69, 9.17) is 19.1 Å². The fraction of sp³-hybridized carbons (Fsp3) is 0.429. The van der Waals surface area contributed by atoms with Gasteiger partial charge in [0.2, 0.25) is 0 Å². The number of hydrogen-bond donors (Lipinski definition) is 3. The number of carbonyl (C=O) groups is 3. The van der Waals surface area contributed by atoms with Crippen molar-refractivity contribution in [2.24, 2.45) is 23.7 Å². The first-order valence-corrected chi connectivity index (χ1v) is 23.3. The summed E-state index contributed by atoms with van der Waals surface area (Å²) >= 11 is 0. The number of aromatic nitrogens is 2. The Labute approximate surface area is 375 Å². The van der Waals surface area contributed by atoms with Crippen LogP contribution in [0.15, 0.2) is 89.8 Å². The van der Waals surface area contributed by atoms with Crippen LogP contribution >= 0.6 is 0 Å². The maximum Gasteiger partial charge on any atom is 0.330 e. The summed E-state index contributed by atoms with van der Waals surface area (Å²) in [4.78, 5) is 44.7. The molecular weight excluding hydrogens is 835 g/mol. The van der Waals surface area contributed by atoms with Gasteiger partial charge < -0.3 is 29.7 Å². The van der Waals surface area contributed by atoms with E-state index >= 15 is 0 Å². The second kappa shape index (κ2) is 18.8. The molecule has 3 N–H and O–H groups in total. The van der Waals surface area contributed by atoms with Crippen LogP contribution in [0.5, 0.6) is 11.5 Å². The second-order valence-electron chi connectivity index (χ2n) is 18.1. The van der Waals surface area contributed by atoms with Gasteiger partial charge in [0.1, 0.15) is 17.0 Å². The molecule has 4 fully saturated rings. The van der Waals surface area contributed by atoms with E-state index in [9.17, 15) is 27.9 Å². The van der Waals surface area contributed by atoms with Crippen LogP contribution in [0.4, 0.5) is 0 Å². The molecule has 0 unspecified atom stereocenters. The summed E-state index contributed by atoms with van der Waals surface area (Å²) in [6.07, 6.45) is 5.33. The number of carbonyl (C=O) groups excluding carboxylic acids is 2. The predicted octanol–water partition coefficient (Wildman–Crippen LogP) is 7.80. The van der Waals surface area contributed by atoms with Crippen LogP contribution in [0.2, 0.25) is 0 Å². The van der Waals surface area contributed by atoms with Crippen molar-refractivity contribution in [1.82, 2.24) is 24.9 Å². The van der Waals surface area contributed by atoms with Crippen LogP contribution in [-0.2, 0) is 14.9 Å². The molecule has 14 nitrogen and oxygen atoms in total. The van der Waals surface area contributed by atoms with Gasteiger partial charge in [-0.25, -0.2) is 9.48 Å². The number of benzene rings is 4. The number of rotatable bonds is 14. The van der Waals surface area contributed by atoms with Crippen LogP contribution in [0, 0.1) is 23.7 Å². The summed E-state index contributed by atoms with van der Waals surface area (Å²) < 4.78 is 43.8. The van der Waals surface area contributed by atoms with Crippen LogP contribution in [0.3, 0.4) is 0 Å². The van der Waals surface area contributed by atoms with Crippen LogP contribution in [0.1, 0.15) is 84.7 Å². The van der Waals surface area contributed by atoms with Crippen LogP contribution < -0.4 is 14.8 Å². The SMILES string of the molecule is COc1cccc(OC)c1-c1cc(C(=O)NC2(C(=O)O)C3CC4CC(C3)CC2C4)nn1-c1ccc(C(=O)N(C)CCCN(C)C)cc1C(C)C.O=S(=O)(O)c1ccc2ccccc2c1. The number of carboxylic acid groups (broad SMARTS) is 1. The van der Waals surface area contributed by atoms with Crippen molar-refractivity contribution in [3.63, 3.8) is 0 Å². The van der Waals surface area contributed by atoms with Crippen LogP contribution in [0.25, 0.3) is 27.7 Å². The van der Waals surface area contributed by atoms with Crippen molar-refractivity contribution < 1.29 is 41.9 Å². The van der Waals surface area contributed by atoms with E-state index in [2.05, 4.69) is 24.1 Å². The third-order valence-electron chi connectivity index (χ3n) is 13.3. The first-order valence-electron chi connectivity index (χ1n) is 21.8. The van der Waals surface area contributed by atoms with Gasteiger partial charge in [0.05, 0.1) is 36.1 Å². The van der Waals surface area contributed by atoms with E-state index in [0.717, 1.165) is 55.0 Å². The zero-order chi connectivity index (χ0) is 46.1. The number of fused-ring (bicyclic) bond motifs is 1. The van der Waals surface area contributed by atoms with Crippen molar-refractivity contribution in [2.75, 3.05) is 48.5 Å². The fourth-order valence-corrected chi connectivity index (χ4v) is 10.9. The van der Waals surface area contributed by atoms with E-state index in [1.165, 1.54) is 18.6 Å². The first kappa shape index (κ1) is 46.2. The lowest BCUT2D eigenvalue weighted by atomic mass is 9.48. The van der Waals surface area contributed by atoms with Crippen molar-refractivity contribution >= 4 is 38.7 Å². The topological polar surface area (TPSA) is 181 Å². The normalized spacial score (nSPS) is 21.1. The van der Waals surface area contributed by atoms with Gasteiger partial charge in [-0.2, -0.15) is 13.5 Å². The van der Waals surface area contributed by atoms with Gasteiger partial charge in [-0.15, -0.1) is 0 Å². The van der Waals surface area contributed by atoms with E-state index in [0.29, 0.717) is 52.4 Å². The molecule has 1 heterocycles. The standard InChI is InChI=1S/C39H51N5O6.C10H8O3S/c1-23(2)29-21-26(37(46)43(5)15-9-14-42(3)4)12-13-31(29)44-32(35-33(49-6)10-8-11-34(35)50-7)22-30(41-44)36(45)40-39(38(47)48)27-17-24-16-25(19-27)20-28(39)18-24;11-14(12,13)10-6-5-8-3-1-2-4-9(8)7-10/h8,10-13,21-25,27-28H,9,14-20H2,1-7H3,(H,40,45)(H,47,48);1-7H,(H,11,12,13). The zero-order valence-electron chi connectivity index (χ0n) is 37.6. The van der Waals surface area contributed by atoms with Gasteiger partial charge in [-0.05, 0) is 154 Å². The smallest absolute Gasteiger partial charge is 0.330 e. The minimum absolute atomic E-state index is 0.00554. The maximum atomic E-state index is 14.3. The molecule has 4 aliphatic rings. The quantitative estimate of drug-likeness (QED) is 0.0926. The molecule has 9 rings (SSSR count). The van der Waals surface area contributed by atoms with Crippen LogP contribution in [-0.4, -0.2) is 109 Å². The number of ether oxygens (including phenoxy) is 2. The number of methoxy groups -OCH3 is 2. The Kier molecular flexibility index (Phi) is 13.5. The summed E-state index contributed by atoms with van der Waals surface area (Å²) in [6, 6.07) is 24.6. The molecule has 4 aliphatic carbocycles. The van der Waals surface area contributed by atoms with Crippen molar-refractivity contribution in [2.45, 2.75) is 68.7 Å². The maximum absolute atomic E-state index is 14.3. The highest BCUT2D eigenvalue weighted by molar-refractivity contribution is 7.85. The summed E-state index contributed by atoms with van der Waals surface area (Å²) in [6.45, 7) is 5.62. The van der Waals surface area contributed by atoms with E-state index in [1.54, 1.807) is 48.1 Å². The molecule has 4 aromatic carbocycles. The third kappa shape index (κ3) is 9.24. The van der Waals surface area contributed by atoms with E-state index < -0.39 is 27.5 Å². The second-order valence-corrected chi connectivity index (χ2v) is 19.5. The lowest BCUT2D eigenvalue weighted by Gasteiger charge is -2.59. The third-order valence-corrected chi connectivity index (χ3v) is 14.2.